The van der Waals surface area contributed by atoms with E-state index in [0.717, 1.165) is 95.8 Å². The zero-order chi connectivity index (χ0) is 93.1. The van der Waals surface area contributed by atoms with E-state index in [0.29, 0.717) is 5.56 Å². The molecule has 0 bridgehead atoms. The number of hydrogen-bond donors (Lipinski definition) is 0. The second-order valence-electron chi connectivity index (χ2n) is 35.9. The van der Waals surface area contributed by atoms with Crippen molar-refractivity contribution in [2.24, 2.45) is 0 Å². The largest absolute Gasteiger partial charge is 0.297 e. The standard InChI is InChI=1S/C51H34N2.C44H27N3.C38H26N2/c1-4-17-37(18-5-1)49-50(38-19-6-2-7-20-38)53(51(52-49)39-21-8-3-9-22-39)42-32-30-36(31-33-42)47-43-24-12-14-26-45(43)48(46-27-15-13-25-44(46)47)41-29-28-35-16-10-11-23-40(35)34-41;45-28-29-21-24-41-40(25-29)46-44(47(41)35-15-2-1-3-16-35)34-14-10-13-32(27-34)42-36-17-6-8-19-38(36)43(39-20-9-7-18-37(39)42)33-23-22-30-11-4-5-12-31(30)26-33;1-25-39-35-16-8-9-17-36(35)40(25)30-22-20-27(21-23-30)37-31-12-4-6-14-33(31)38(34-15-7-5-13-32(34)37)29-19-18-26-10-2-3-11-28(26)24-29/h1-34H;1-27H;2-24H,1H3. The van der Waals surface area contributed by atoms with Crippen molar-refractivity contribution in [3.8, 4) is 135 Å². The van der Waals surface area contributed by atoms with Crippen LogP contribution in [0.2, 0.25) is 0 Å². The number of benzene rings is 24. The molecular formula is C133H87N7. The van der Waals surface area contributed by atoms with Crippen LogP contribution < -0.4 is 0 Å². The van der Waals surface area contributed by atoms with Crippen LogP contribution in [0, 0.1) is 18.3 Å². The first-order valence-electron chi connectivity index (χ1n) is 47.7. The summed E-state index contributed by atoms with van der Waals surface area (Å²) in [4.78, 5) is 15.3. The predicted molar refractivity (Wildman–Crippen MR) is 587 cm³/mol. The molecule has 0 spiro atoms. The van der Waals surface area contributed by atoms with Crippen LogP contribution in [0.15, 0.2) is 510 Å². The van der Waals surface area contributed by atoms with E-state index in [1.54, 1.807) is 0 Å². The van der Waals surface area contributed by atoms with Gasteiger partial charge in [-0.05, 0) is 262 Å². The van der Waals surface area contributed by atoms with Crippen molar-refractivity contribution >= 4 is 119 Å². The van der Waals surface area contributed by atoms with Crippen LogP contribution in [-0.4, -0.2) is 28.7 Å². The number of para-hydroxylation sites is 3. The first kappa shape index (κ1) is 83.1. The summed E-state index contributed by atoms with van der Waals surface area (Å²) in [6.07, 6.45) is 0. The van der Waals surface area contributed by atoms with Crippen molar-refractivity contribution in [3.63, 3.8) is 0 Å². The van der Waals surface area contributed by atoms with E-state index in [1.807, 2.05) is 42.5 Å². The Morgan fingerprint density at radius 2 is 0.500 bits per heavy atom. The molecule has 3 aromatic heterocycles. The molecule has 0 saturated carbocycles. The molecule has 0 atom stereocenters. The van der Waals surface area contributed by atoms with Crippen LogP contribution in [-0.2, 0) is 0 Å². The van der Waals surface area contributed by atoms with Crippen LogP contribution >= 0.6 is 0 Å². The molecule has 27 aromatic rings. The van der Waals surface area contributed by atoms with Gasteiger partial charge in [0, 0.05) is 39.3 Å². The molecule has 7 nitrogen and oxygen atoms in total. The van der Waals surface area contributed by atoms with E-state index in [1.165, 1.54) is 158 Å². The van der Waals surface area contributed by atoms with Crippen molar-refractivity contribution in [1.29, 1.82) is 5.26 Å². The fourth-order valence-electron chi connectivity index (χ4n) is 21.4. The van der Waals surface area contributed by atoms with Gasteiger partial charge in [-0.2, -0.15) is 5.26 Å². The number of rotatable bonds is 13. The quantitative estimate of drug-likeness (QED) is 0.108. The maximum Gasteiger partial charge on any atom is 0.145 e. The summed E-state index contributed by atoms with van der Waals surface area (Å²) in [5.41, 5.74) is 28.8. The summed E-state index contributed by atoms with van der Waals surface area (Å²) in [7, 11) is 0. The Bertz CT molecular complexity index is 9390. The Hall–Kier alpha value is -18.7. The highest BCUT2D eigenvalue weighted by molar-refractivity contribution is 6.25. The minimum Gasteiger partial charge on any atom is -0.297 e. The molecule has 0 aliphatic carbocycles. The van der Waals surface area contributed by atoms with E-state index in [4.69, 9.17) is 15.0 Å². The van der Waals surface area contributed by atoms with Gasteiger partial charge >= 0.3 is 0 Å². The Balaban J connectivity index is 0.000000112. The van der Waals surface area contributed by atoms with Gasteiger partial charge in [0.15, 0.2) is 0 Å². The summed E-state index contributed by atoms with van der Waals surface area (Å²) in [5, 5.41) is 32.0. The predicted octanol–water partition coefficient (Wildman–Crippen LogP) is 35.2. The summed E-state index contributed by atoms with van der Waals surface area (Å²) >= 11 is 0. The molecule has 0 saturated heterocycles. The third-order valence-corrected chi connectivity index (χ3v) is 27.7. The van der Waals surface area contributed by atoms with Crippen LogP contribution in [0.1, 0.15) is 11.4 Å². The fourth-order valence-corrected chi connectivity index (χ4v) is 21.4. The molecule has 3 heterocycles. The van der Waals surface area contributed by atoms with Gasteiger partial charge in [-0.25, -0.2) is 15.0 Å². The van der Waals surface area contributed by atoms with Gasteiger partial charge in [0.05, 0.1) is 45.1 Å². The lowest BCUT2D eigenvalue weighted by molar-refractivity contribution is 1.00. The van der Waals surface area contributed by atoms with Crippen LogP contribution in [0.3, 0.4) is 0 Å². The molecule has 7 heteroatoms. The van der Waals surface area contributed by atoms with Gasteiger partial charge < -0.3 is 0 Å². The molecule has 0 N–H and O–H groups in total. The van der Waals surface area contributed by atoms with E-state index in [-0.39, 0.29) is 0 Å². The topological polar surface area (TPSA) is 77.2 Å². The third-order valence-electron chi connectivity index (χ3n) is 27.7. The average molecular weight is 1780 g/mol. The number of aryl methyl sites for hydroxylation is 1. The highest BCUT2D eigenvalue weighted by atomic mass is 15.1. The van der Waals surface area contributed by atoms with Crippen molar-refractivity contribution < 1.29 is 0 Å². The Labute approximate surface area is 810 Å². The molecule has 654 valence electrons. The first-order chi connectivity index (χ1) is 69.3. The minimum absolute atomic E-state index is 0.597. The summed E-state index contributed by atoms with van der Waals surface area (Å²) < 4.78 is 6.75. The van der Waals surface area contributed by atoms with Gasteiger partial charge in [-0.3, -0.25) is 13.7 Å². The van der Waals surface area contributed by atoms with Gasteiger partial charge in [-0.15, -0.1) is 0 Å². The SMILES string of the molecule is Cc1nc2ccccc2n1-c1ccc(-c2c3ccccc3c(-c3ccc4ccccc4c3)c3ccccc23)cc1.N#Cc1ccc2c(c1)nc(-c1cccc(-c3c4ccccc4c(-c4ccc5ccccc5c4)c4ccccc34)c1)n2-c1ccccc1.c1ccc(-c2nc(-c3ccccc3)n(-c3ccc(-c4c5ccccc5c(-c5ccc6ccccc6c5)c5ccccc45)cc3)c2-c2ccccc2)cc1. The number of aromatic nitrogens is 6. The van der Waals surface area contributed by atoms with E-state index >= 15 is 0 Å². The van der Waals surface area contributed by atoms with Crippen molar-refractivity contribution in [3.05, 3.63) is 521 Å². The normalized spacial score (nSPS) is 11.5. The molecule has 27 rings (SSSR count). The maximum atomic E-state index is 9.60. The lowest BCUT2D eigenvalue weighted by atomic mass is 9.85. The monoisotopic (exact) mass is 1780 g/mol. The van der Waals surface area contributed by atoms with E-state index < -0.39 is 0 Å². The van der Waals surface area contributed by atoms with Crippen LogP contribution in [0.4, 0.5) is 0 Å². The number of hydrogen-bond acceptors (Lipinski definition) is 4. The van der Waals surface area contributed by atoms with Gasteiger partial charge in [0.1, 0.15) is 17.5 Å². The molecule has 0 radical (unpaired) electrons. The summed E-state index contributed by atoms with van der Waals surface area (Å²) in [6, 6.07) is 184. The second kappa shape index (κ2) is 35.6. The molecule has 0 unspecified atom stereocenters. The average Bonchev–Trinajstić information content (AvgIpc) is 1.16. The summed E-state index contributed by atoms with van der Waals surface area (Å²) in [5.74, 6) is 2.74. The Morgan fingerprint density at radius 3 is 0.921 bits per heavy atom. The molecule has 0 fully saturated rings. The Kier molecular flexibility index (Phi) is 21.1. The minimum atomic E-state index is 0.597. The van der Waals surface area contributed by atoms with Gasteiger partial charge in [0.25, 0.3) is 0 Å². The maximum absolute atomic E-state index is 9.60. The number of imidazole rings is 3. The molecule has 0 amide bonds. The molecule has 0 aliphatic heterocycles. The molecule has 0 aliphatic rings. The summed E-state index contributed by atoms with van der Waals surface area (Å²) in [6.45, 7) is 2.07. The highest BCUT2D eigenvalue weighted by Gasteiger charge is 2.27. The van der Waals surface area contributed by atoms with Crippen molar-refractivity contribution in [1.82, 2.24) is 28.7 Å². The number of nitriles is 1. The first-order valence-corrected chi connectivity index (χ1v) is 47.7. The molecule has 140 heavy (non-hydrogen) atoms. The van der Waals surface area contributed by atoms with Crippen molar-refractivity contribution in [2.45, 2.75) is 6.92 Å². The fraction of sp³-hybridized carbons (Fsp3) is 0.00752. The van der Waals surface area contributed by atoms with Crippen LogP contribution in [0.5, 0.6) is 0 Å². The van der Waals surface area contributed by atoms with Crippen LogP contribution in [0.25, 0.3) is 248 Å². The smallest absolute Gasteiger partial charge is 0.145 e. The third kappa shape index (κ3) is 14.8. The highest BCUT2D eigenvalue weighted by Crippen LogP contribution is 2.50. The zero-order valence-corrected chi connectivity index (χ0v) is 76.6. The molecular weight excluding hydrogens is 1700 g/mol. The number of fused-ring (bicyclic) bond motifs is 11. The Morgan fingerprint density at radius 1 is 0.193 bits per heavy atom. The van der Waals surface area contributed by atoms with E-state index in [9.17, 15) is 5.26 Å². The zero-order valence-electron chi connectivity index (χ0n) is 76.6. The van der Waals surface area contributed by atoms with Gasteiger partial charge in [-0.1, -0.05) is 419 Å². The second-order valence-corrected chi connectivity index (χ2v) is 35.9. The van der Waals surface area contributed by atoms with Gasteiger partial charge in [0.2, 0.25) is 0 Å². The van der Waals surface area contributed by atoms with E-state index in [2.05, 4.69) is 494 Å². The lowest BCUT2D eigenvalue weighted by Crippen LogP contribution is -2.00. The number of nitrogens with zero attached hydrogens (tertiary/aromatic N) is 7. The molecule has 24 aromatic carbocycles. The lowest BCUT2D eigenvalue weighted by Gasteiger charge is -2.19. The van der Waals surface area contributed by atoms with Crippen molar-refractivity contribution in [2.75, 3.05) is 0 Å².